The number of thiophene rings is 1. The van der Waals surface area contributed by atoms with Crippen LogP contribution in [0.15, 0.2) is 46.9 Å². The second-order valence-corrected chi connectivity index (χ2v) is 7.90. The first-order valence-electron chi connectivity index (χ1n) is 8.86. The molecule has 0 saturated heterocycles. The Hall–Kier alpha value is -3.18. The van der Waals surface area contributed by atoms with Crippen molar-refractivity contribution < 1.29 is 0 Å². The van der Waals surface area contributed by atoms with Gasteiger partial charge in [-0.15, -0.1) is 21.5 Å². The number of nitrogens with zero attached hydrogens (tertiary/aromatic N) is 6. The van der Waals surface area contributed by atoms with E-state index in [4.69, 9.17) is 11.6 Å². The third-order valence-corrected chi connectivity index (χ3v) is 5.89. The van der Waals surface area contributed by atoms with E-state index in [9.17, 15) is 0 Å². The van der Waals surface area contributed by atoms with E-state index in [-0.39, 0.29) is 5.95 Å². The Morgan fingerprint density at radius 2 is 1.97 bits per heavy atom. The number of para-hydroxylation sites is 1. The van der Waals surface area contributed by atoms with Crippen molar-refractivity contribution in [1.82, 2.24) is 29.8 Å². The zero-order valence-corrected chi connectivity index (χ0v) is 17.2. The molecular formula is C18H19N9S2. The van der Waals surface area contributed by atoms with E-state index in [1.165, 1.54) is 22.0 Å². The van der Waals surface area contributed by atoms with Gasteiger partial charge < -0.3 is 16.9 Å². The van der Waals surface area contributed by atoms with Crippen molar-refractivity contribution in [1.29, 1.82) is 0 Å². The number of nitrogen functional groups attached to an aromatic ring is 2. The second-order valence-electron chi connectivity index (χ2n) is 6.01. The minimum absolute atomic E-state index is 0.153. The van der Waals surface area contributed by atoms with Crippen LogP contribution >= 0.6 is 23.1 Å². The average Bonchev–Trinajstić information content (AvgIpc) is 3.36. The predicted molar refractivity (Wildman–Crippen MR) is 116 cm³/mol. The van der Waals surface area contributed by atoms with Crippen LogP contribution < -0.4 is 16.9 Å². The fourth-order valence-electron chi connectivity index (χ4n) is 2.71. The van der Waals surface area contributed by atoms with Gasteiger partial charge in [-0.25, -0.2) is 4.68 Å². The van der Waals surface area contributed by atoms with Gasteiger partial charge in [0.2, 0.25) is 17.1 Å². The summed E-state index contributed by atoms with van der Waals surface area (Å²) in [5.74, 6) is 8.27. The monoisotopic (exact) mass is 425 g/mol. The number of anilines is 3. The number of nitrogens with one attached hydrogen (secondary N) is 1. The molecule has 5 N–H and O–H groups in total. The summed E-state index contributed by atoms with van der Waals surface area (Å²) in [5, 5.41) is 14.1. The van der Waals surface area contributed by atoms with Crippen molar-refractivity contribution in [2.45, 2.75) is 24.3 Å². The quantitative estimate of drug-likeness (QED) is 0.301. The highest BCUT2D eigenvalue weighted by atomic mass is 32.2. The van der Waals surface area contributed by atoms with Crippen LogP contribution in [0.2, 0.25) is 0 Å². The molecule has 0 atom stereocenters. The molecule has 0 bridgehead atoms. The molecule has 0 aliphatic carbocycles. The first-order chi connectivity index (χ1) is 14.1. The van der Waals surface area contributed by atoms with E-state index in [1.54, 1.807) is 11.3 Å². The summed E-state index contributed by atoms with van der Waals surface area (Å²) >= 11 is 2.94. The van der Waals surface area contributed by atoms with Gasteiger partial charge in [0.15, 0.2) is 5.82 Å². The predicted octanol–water partition coefficient (Wildman–Crippen LogP) is 3.09. The van der Waals surface area contributed by atoms with E-state index in [1.807, 2.05) is 35.7 Å². The number of aromatic nitrogens is 6. The van der Waals surface area contributed by atoms with Crippen LogP contribution in [0.4, 0.5) is 17.6 Å². The number of aryl methyl sites for hydroxylation is 1. The Labute approximate surface area is 175 Å². The molecule has 0 aliphatic rings. The SMILES string of the molecule is CCc1ccccc1Nc1nc(N)nc(CSc2nnc(-c3cccs3)n2N)n1. The van der Waals surface area contributed by atoms with Gasteiger partial charge in [0.1, 0.15) is 5.82 Å². The van der Waals surface area contributed by atoms with Crippen LogP contribution in [0.5, 0.6) is 0 Å². The maximum absolute atomic E-state index is 6.14. The van der Waals surface area contributed by atoms with Gasteiger partial charge in [-0.1, -0.05) is 43.0 Å². The van der Waals surface area contributed by atoms with E-state index in [0.29, 0.717) is 28.5 Å². The Morgan fingerprint density at radius 3 is 2.76 bits per heavy atom. The molecule has 0 spiro atoms. The molecule has 0 aliphatic heterocycles. The van der Waals surface area contributed by atoms with E-state index < -0.39 is 0 Å². The van der Waals surface area contributed by atoms with Gasteiger partial charge in [-0.2, -0.15) is 15.0 Å². The van der Waals surface area contributed by atoms with Gasteiger partial charge >= 0.3 is 0 Å². The molecule has 3 aromatic heterocycles. The summed E-state index contributed by atoms with van der Waals surface area (Å²) in [6.45, 7) is 2.10. The van der Waals surface area contributed by atoms with Gasteiger partial charge in [0.25, 0.3) is 0 Å². The molecule has 4 rings (SSSR count). The molecule has 29 heavy (non-hydrogen) atoms. The fraction of sp³-hybridized carbons (Fsp3) is 0.167. The highest BCUT2D eigenvalue weighted by Crippen LogP contribution is 2.27. The summed E-state index contributed by atoms with van der Waals surface area (Å²) in [7, 11) is 0. The molecule has 0 radical (unpaired) electrons. The maximum Gasteiger partial charge on any atom is 0.232 e. The minimum Gasteiger partial charge on any atom is -0.368 e. The molecular weight excluding hydrogens is 406 g/mol. The molecule has 9 nitrogen and oxygen atoms in total. The molecule has 11 heteroatoms. The molecule has 0 unspecified atom stereocenters. The van der Waals surface area contributed by atoms with Gasteiger partial charge in [-0.3, -0.25) is 0 Å². The van der Waals surface area contributed by atoms with Crippen molar-refractivity contribution in [3.8, 4) is 10.7 Å². The van der Waals surface area contributed by atoms with Crippen LogP contribution in [0.3, 0.4) is 0 Å². The molecule has 0 amide bonds. The van der Waals surface area contributed by atoms with Crippen molar-refractivity contribution in [3.05, 3.63) is 53.2 Å². The highest BCUT2D eigenvalue weighted by Gasteiger charge is 2.14. The second kappa shape index (κ2) is 8.45. The number of nitrogens with two attached hydrogens (primary N) is 2. The fourth-order valence-corrected chi connectivity index (χ4v) is 4.12. The van der Waals surface area contributed by atoms with Crippen LogP contribution in [-0.2, 0) is 12.2 Å². The smallest absolute Gasteiger partial charge is 0.232 e. The lowest BCUT2D eigenvalue weighted by Crippen LogP contribution is -2.11. The van der Waals surface area contributed by atoms with Crippen LogP contribution in [-0.4, -0.2) is 29.8 Å². The first-order valence-corrected chi connectivity index (χ1v) is 10.7. The van der Waals surface area contributed by atoms with Gasteiger partial charge in [-0.05, 0) is 29.5 Å². The standard InChI is InChI=1S/C18H19N9S2/c1-2-11-6-3-4-7-12(11)21-17-23-14(22-16(19)24-17)10-29-18-26-25-15(27(18)20)13-8-5-9-28-13/h3-9H,2,10,20H2,1H3,(H3,19,21,22,23,24). The van der Waals surface area contributed by atoms with E-state index in [0.717, 1.165) is 17.0 Å². The minimum atomic E-state index is 0.153. The van der Waals surface area contributed by atoms with E-state index >= 15 is 0 Å². The van der Waals surface area contributed by atoms with Crippen molar-refractivity contribution in [2.75, 3.05) is 16.9 Å². The Morgan fingerprint density at radius 1 is 1.10 bits per heavy atom. The largest absolute Gasteiger partial charge is 0.368 e. The number of thioether (sulfide) groups is 1. The Bertz CT molecular complexity index is 1110. The number of hydrogen-bond donors (Lipinski definition) is 3. The lowest BCUT2D eigenvalue weighted by Gasteiger charge is -2.10. The molecule has 148 valence electrons. The number of hydrogen-bond acceptors (Lipinski definition) is 10. The lowest BCUT2D eigenvalue weighted by atomic mass is 10.1. The average molecular weight is 426 g/mol. The van der Waals surface area contributed by atoms with Crippen LogP contribution in [0.1, 0.15) is 18.3 Å². The van der Waals surface area contributed by atoms with E-state index in [2.05, 4.69) is 43.5 Å². The summed E-state index contributed by atoms with van der Waals surface area (Å²) in [6.07, 6.45) is 0.894. The maximum atomic E-state index is 6.14. The lowest BCUT2D eigenvalue weighted by molar-refractivity contribution is 0.848. The highest BCUT2D eigenvalue weighted by molar-refractivity contribution is 7.98. The molecule has 3 heterocycles. The van der Waals surface area contributed by atoms with Gasteiger partial charge in [0, 0.05) is 5.69 Å². The van der Waals surface area contributed by atoms with Crippen molar-refractivity contribution in [2.24, 2.45) is 0 Å². The third kappa shape index (κ3) is 4.30. The Balaban J connectivity index is 1.50. The Kier molecular flexibility index (Phi) is 5.58. The molecule has 0 saturated carbocycles. The summed E-state index contributed by atoms with van der Waals surface area (Å²) in [4.78, 5) is 13.8. The molecule has 0 fully saturated rings. The zero-order chi connectivity index (χ0) is 20.2. The normalized spacial score (nSPS) is 10.9. The van der Waals surface area contributed by atoms with Crippen LogP contribution in [0.25, 0.3) is 10.7 Å². The zero-order valence-electron chi connectivity index (χ0n) is 15.6. The van der Waals surface area contributed by atoms with Crippen LogP contribution in [0, 0.1) is 0 Å². The first kappa shape index (κ1) is 19.2. The summed E-state index contributed by atoms with van der Waals surface area (Å²) in [5.41, 5.74) is 8.00. The third-order valence-electron chi connectivity index (χ3n) is 4.08. The topological polar surface area (TPSA) is 133 Å². The number of benzene rings is 1. The molecule has 4 aromatic rings. The summed E-state index contributed by atoms with van der Waals surface area (Å²) < 4.78 is 1.47. The number of rotatable bonds is 7. The summed E-state index contributed by atoms with van der Waals surface area (Å²) in [6, 6.07) is 11.9. The van der Waals surface area contributed by atoms with Crippen molar-refractivity contribution >= 4 is 40.7 Å². The van der Waals surface area contributed by atoms with Crippen molar-refractivity contribution in [3.63, 3.8) is 0 Å². The van der Waals surface area contributed by atoms with Gasteiger partial charge in [0.05, 0.1) is 10.6 Å². The molecule has 1 aromatic carbocycles.